The maximum absolute atomic E-state index is 5.92. The first kappa shape index (κ1) is 14.3. The molecule has 0 aromatic rings. The van der Waals surface area contributed by atoms with Crippen molar-refractivity contribution in [2.24, 2.45) is 22.5 Å². The number of rotatable bonds is 6. The third-order valence-corrected chi connectivity index (χ3v) is 5.64. The maximum atomic E-state index is 5.92. The smallest absolute Gasteiger partial charge is 0.00201 e. The van der Waals surface area contributed by atoms with E-state index in [2.05, 4.69) is 19.2 Å². The van der Waals surface area contributed by atoms with Crippen LogP contribution >= 0.6 is 0 Å². The molecule has 106 valence electrons. The van der Waals surface area contributed by atoms with Crippen molar-refractivity contribution in [1.29, 1.82) is 0 Å². The van der Waals surface area contributed by atoms with Crippen LogP contribution in [0.5, 0.6) is 0 Å². The Balaban J connectivity index is 1.74. The molecule has 0 spiro atoms. The van der Waals surface area contributed by atoms with Gasteiger partial charge in [0.2, 0.25) is 0 Å². The summed E-state index contributed by atoms with van der Waals surface area (Å²) in [6.45, 7) is 8.07. The van der Waals surface area contributed by atoms with Crippen molar-refractivity contribution in [2.45, 2.75) is 65.2 Å². The van der Waals surface area contributed by atoms with Gasteiger partial charge < -0.3 is 11.1 Å². The fourth-order valence-electron chi connectivity index (χ4n) is 3.81. The van der Waals surface area contributed by atoms with Gasteiger partial charge in [0.05, 0.1) is 0 Å². The van der Waals surface area contributed by atoms with Gasteiger partial charge in [0.15, 0.2) is 0 Å². The molecule has 2 fully saturated rings. The highest BCUT2D eigenvalue weighted by atomic mass is 14.9. The molecule has 2 heteroatoms. The maximum Gasteiger partial charge on any atom is 0.00201 e. The second-order valence-corrected chi connectivity index (χ2v) is 7.48. The van der Waals surface area contributed by atoms with Crippen LogP contribution in [0.25, 0.3) is 0 Å². The van der Waals surface area contributed by atoms with Crippen molar-refractivity contribution in [3.63, 3.8) is 0 Å². The zero-order chi connectivity index (χ0) is 13.1. The van der Waals surface area contributed by atoms with E-state index in [0.29, 0.717) is 10.8 Å². The lowest BCUT2D eigenvalue weighted by molar-refractivity contribution is 0.114. The van der Waals surface area contributed by atoms with E-state index in [1.807, 2.05) is 0 Å². The number of hydrogen-bond acceptors (Lipinski definition) is 2. The highest BCUT2D eigenvalue weighted by Gasteiger charge is 2.36. The molecule has 0 bridgehead atoms. The van der Waals surface area contributed by atoms with Gasteiger partial charge in [-0.2, -0.15) is 0 Å². The van der Waals surface area contributed by atoms with Crippen LogP contribution in [0.15, 0.2) is 0 Å². The van der Waals surface area contributed by atoms with E-state index in [1.54, 1.807) is 0 Å². The SMILES string of the molecule is CC(C)(CNCC1(CN)CCC1)C1CCCCC1. The first-order valence-corrected chi connectivity index (χ1v) is 7.99. The summed E-state index contributed by atoms with van der Waals surface area (Å²) in [5, 5.41) is 3.74. The molecular formula is C16H32N2. The van der Waals surface area contributed by atoms with E-state index in [1.165, 1.54) is 57.9 Å². The Kier molecular flexibility index (Phi) is 4.71. The molecule has 0 atom stereocenters. The number of nitrogens with two attached hydrogens (primary N) is 1. The van der Waals surface area contributed by atoms with Crippen LogP contribution in [0.4, 0.5) is 0 Å². The molecule has 0 heterocycles. The van der Waals surface area contributed by atoms with Crippen LogP contribution in [-0.2, 0) is 0 Å². The van der Waals surface area contributed by atoms with E-state index in [9.17, 15) is 0 Å². The third kappa shape index (κ3) is 3.27. The Morgan fingerprint density at radius 1 is 1.11 bits per heavy atom. The summed E-state index contributed by atoms with van der Waals surface area (Å²) in [5.74, 6) is 0.925. The van der Waals surface area contributed by atoms with Crippen molar-refractivity contribution >= 4 is 0 Å². The van der Waals surface area contributed by atoms with Gasteiger partial charge in [-0.25, -0.2) is 0 Å². The van der Waals surface area contributed by atoms with Crippen LogP contribution in [0, 0.1) is 16.7 Å². The van der Waals surface area contributed by atoms with Gasteiger partial charge in [0.1, 0.15) is 0 Å². The first-order chi connectivity index (χ1) is 8.58. The average Bonchev–Trinajstić information content (AvgIpc) is 2.34. The zero-order valence-electron chi connectivity index (χ0n) is 12.4. The highest BCUT2D eigenvalue weighted by molar-refractivity contribution is 4.91. The molecule has 2 saturated carbocycles. The van der Waals surface area contributed by atoms with E-state index >= 15 is 0 Å². The van der Waals surface area contributed by atoms with Crippen molar-refractivity contribution < 1.29 is 0 Å². The molecule has 0 aromatic carbocycles. The summed E-state index contributed by atoms with van der Waals surface area (Å²) in [7, 11) is 0. The summed E-state index contributed by atoms with van der Waals surface area (Å²) in [5.41, 5.74) is 6.83. The van der Waals surface area contributed by atoms with Gasteiger partial charge in [-0.05, 0) is 49.0 Å². The minimum absolute atomic E-state index is 0.447. The van der Waals surface area contributed by atoms with Crippen LogP contribution < -0.4 is 11.1 Å². The Morgan fingerprint density at radius 2 is 1.78 bits per heavy atom. The number of hydrogen-bond donors (Lipinski definition) is 2. The molecule has 2 aliphatic rings. The minimum atomic E-state index is 0.447. The summed E-state index contributed by atoms with van der Waals surface area (Å²) in [6, 6.07) is 0. The van der Waals surface area contributed by atoms with Crippen LogP contribution in [0.1, 0.15) is 65.2 Å². The normalized spacial score (nSPS) is 24.8. The zero-order valence-corrected chi connectivity index (χ0v) is 12.4. The first-order valence-electron chi connectivity index (χ1n) is 7.99. The van der Waals surface area contributed by atoms with Crippen LogP contribution in [0.3, 0.4) is 0 Å². The Bertz CT molecular complexity index is 244. The van der Waals surface area contributed by atoms with Gasteiger partial charge in [-0.15, -0.1) is 0 Å². The Labute approximate surface area is 113 Å². The minimum Gasteiger partial charge on any atom is -0.330 e. The van der Waals surface area contributed by atoms with Crippen molar-refractivity contribution in [3.8, 4) is 0 Å². The van der Waals surface area contributed by atoms with Crippen molar-refractivity contribution in [1.82, 2.24) is 5.32 Å². The molecule has 2 nitrogen and oxygen atoms in total. The summed E-state index contributed by atoms with van der Waals surface area (Å²) in [6.07, 6.45) is 11.3. The molecule has 3 N–H and O–H groups in total. The summed E-state index contributed by atoms with van der Waals surface area (Å²) >= 11 is 0. The standard InChI is InChI=1S/C16H32N2/c1-15(2,14-7-4-3-5-8-14)12-18-13-16(11-17)9-6-10-16/h14,18H,3-13,17H2,1-2H3. The third-order valence-electron chi connectivity index (χ3n) is 5.64. The van der Waals surface area contributed by atoms with Gasteiger partial charge in [-0.3, -0.25) is 0 Å². The lowest BCUT2D eigenvalue weighted by atomic mass is 9.68. The lowest BCUT2D eigenvalue weighted by Gasteiger charge is -2.43. The van der Waals surface area contributed by atoms with Crippen LogP contribution in [-0.4, -0.2) is 19.6 Å². The molecule has 0 unspecified atom stereocenters. The second kappa shape index (κ2) is 5.92. The molecule has 0 amide bonds. The quantitative estimate of drug-likeness (QED) is 0.761. The van der Waals surface area contributed by atoms with Gasteiger partial charge in [-0.1, -0.05) is 39.5 Å². The summed E-state index contributed by atoms with van der Waals surface area (Å²) < 4.78 is 0. The Morgan fingerprint density at radius 3 is 2.28 bits per heavy atom. The van der Waals surface area contributed by atoms with E-state index in [0.717, 1.165) is 19.0 Å². The Hall–Kier alpha value is -0.0800. The molecular weight excluding hydrogens is 220 g/mol. The molecule has 2 rings (SSSR count). The van der Waals surface area contributed by atoms with E-state index in [4.69, 9.17) is 5.73 Å². The number of nitrogens with one attached hydrogen (secondary N) is 1. The summed E-state index contributed by atoms with van der Waals surface area (Å²) in [4.78, 5) is 0. The molecule has 0 aliphatic heterocycles. The monoisotopic (exact) mass is 252 g/mol. The largest absolute Gasteiger partial charge is 0.330 e. The fraction of sp³-hybridized carbons (Fsp3) is 1.00. The highest BCUT2D eigenvalue weighted by Crippen LogP contribution is 2.40. The second-order valence-electron chi connectivity index (χ2n) is 7.48. The van der Waals surface area contributed by atoms with E-state index < -0.39 is 0 Å². The molecule has 2 aliphatic carbocycles. The van der Waals surface area contributed by atoms with E-state index in [-0.39, 0.29) is 0 Å². The fourth-order valence-corrected chi connectivity index (χ4v) is 3.81. The topological polar surface area (TPSA) is 38.0 Å². The van der Waals surface area contributed by atoms with Crippen molar-refractivity contribution in [2.75, 3.05) is 19.6 Å². The van der Waals surface area contributed by atoms with Gasteiger partial charge in [0, 0.05) is 13.1 Å². The molecule has 18 heavy (non-hydrogen) atoms. The average molecular weight is 252 g/mol. The predicted octanol–water partition coefficient (Wildman–Crippen LogP) is 3.31. The van der Waals surface area contributed by atoms with Crippen molar-refractivity contribution in [3.05, 3.63) is 0 Å². The lowest BCUT2D eigenvalue weighted by Crippen LogP contribution is -2.48. The molecule has 0 aromatic heterocycles. The predicted molar refractivity (Wildman–Crippen MR) is 78.6 cm³/mol. The molecule has 0 saturated heterocycles. The van der Waals surface area contributed by atoms with Crippen LogP contribution in [0.2, 0.25) is 0 Å². The van der Waals surface area contributed by atoms with Gasteiger partial charge in [0.25, 0.3) is 0 Å². The molecule has 0 radical (unpaired) electrons. The van der Waals surface area contributed by atoms with Gasteiger partial charge >= 0.3 is 0 Å².